The summed E-state index contributed by atoms with van der Waals surface area (Å²) in [6.45, 7) is 4.19. The van der Waals surface area contributed by atoms with Gasteiger partial charge in [0.2, 0.25) is 0 Å². The van der Waals surface area contributed by atoms with Gasteiger partial charge in [-0.15, -0.1) is 0 Å². The second-order valence-corrected chi connectivity index (χ2v) is 3.80. The maximum atomic E-state index is 10.0. The maximum absolute atomic E-state index is 10.0. The monoisotopic (exact) mass is 224 g/mol. The van der Waals surface area contributed by atoms with Crippen LogP contribution >= 0.6 is 0 Å². The summed E-state index contributed by atoms with van der Waals surface area (Å²) in [7, 11) is 0. The van der Waals surface area contributed by atoms with Crippen molar-refractivity contribution in [3.63, 3.8) is 0 Å². The third-order valence-electron chi connectivity index (χ3n) is 2.08. The fraction of sp³-hybridized carbons (Fsp3) is 0.417. The first-order valence-corrected chi connectivity index (χ1v) is 5.21. The number of hydrogen-bond donors (Lipinski definition) is 3. The Kier molecular flexibility index (Phi) is 7.16. The number of carbonyl (C=O) groups is 1. The van der Waals surface area contributed by atoms with Gasteiger partial charge in [0.1, 0.15) is 6.04 Å². The first-order chi connectivity index (χ1) is 7.49. The van der Waals surface area contributed by atoms with E-state index in [1.807, 2.05) is 30.3 Å². The molecular weight excluding hydrogens is 204 g/mol. The van der Waals surface area contributed by atoms with Crippen molar-refractivity contribution in [2.45, 2.75) is 26.4 Å². The molecule has 16 heavy (non-hydrogen) atoms. The van der Waals surface area contributed by atoms with Crippen molar-refractivity contribution in [2.75, 3.05) is 0 Å². The summed E-state index contributed by atoms with van der Waals surface area (Å²) in [5.41, 5.74) is 11.7. The third-order valence-corrected chi connectivity index (χ3v) is 2.08. The van der Waals surface area contributed by atoms with Gasteiger partial charge in [-0.1, -0.05) is 44.2 Å². The number of nitrogens with two attached hydrogens (primary N) is 2. The quantitative estimate of drug-likeness (QED) is 0.719. The predicted octanol–water partition coefficient (Wildman–Crippen LogP) is 1.20. The SMILES string of the molecule is CC(C)C(N)C(=O)O.NCc1ccccc1. The van der Waals surface area contributed by atoms with Crippen molar-refractivity contribution in [3.05, 3.63) is 35.9 Å². The van der Waals surface area contributed by atoms with E-state index in [-0.39, 0.29) is 5.92 Å². The molecule has 1 aromatic carbocycles. The Morgan fingerprint density at radius 2 is 1.81 bits per heavy atom. The molecule has 0 amide bonds. The minimum atomic E-state index is -0.931. The summed E-state index contributed by atoms with van der Waals surface area (Å²) >= 11 is 0. The smallest absolute Gasteiger partial charge is 0.320 e. The molecule has 1 unspecified atom stereocenters. The van der Waals surface area contributed by atoms with Crippen molar-refractivity contribution >= 4 is 5.97 Å². The van der Waals surface area contributed by atoms with Gasteiger partial charge in [0, 0.05) is 6.54 Å². The maximum Gasteiger partial charge on any atom is 0.320 e. The molecule has 0 heterocycles. The second-order valence-electron chi connectivity index (χ2n) is 3.80. The van der Waals surface area contributed by atoms with E-state index >= 15 is 0 Å². The fourth-order valence-electron chi connectivity index (χ4n) is 0.899. The molecule has 0 saturated heterocycles. The molecule has 0 saturated carbocycles. The number of aliphatic carboxylic acids is 1. The van der Waals surface area contributed by atoms with Crippen molar-refractivity contribution in [3.8, 4) is 0 Å². The van der Waals surface area contributed by atoms with E-state index in [1.165, 1.54) is 5.56 Å². The van der Waals surface area contributed by atoms with Crippen LogP contribution in [0.15, 0.2) is 30.3 Å². The molecule has 0 aliphatic rings. The molecule has 0 fully saturated rings. The molecule has 5 N–H and O–H groups in total. The Bertz CT molecular complexity index is 299. The van der Waals surface area contributed by atoms with Crippen LogP contribution in [0, 0.1) is 5.92 Å². The highest BCUT2D eigenvalue weighted by Gasteiger charge is 2.14. The predicted molar refractivity (Wildman–Crippen MR) is 64.8 cm³/mol. The van der Waals surface area contributed by atoms with E-state index < -0.39 is 12.0 Å². The number of benzene rings is 1. The standard InChI is InChI=1S/C7H9N.C5H11NO2/c8-6-7-4-2-1-3-5-7;1-3(2)4(6)5(7)8/h1-5H,6,8H2;3-4H,6H2,1-2H3,(H,7,8). The second kappa shape index (κ2) is 7.84. The van der Waals surface area contributed by atoms with Crippen LogP contribution in [0.2, 0.25) is 0 Å². The average Bonchev–Trinajstić information content (AvgIpc) is 2.29. The Morgan fingerprint density at radius 3 is 2.00 bits per heavy atom. The van der Waals surface area contributed by atoms with Gasteiger partial charge in [0.25, 0.3) is 0 Å². The molecule has 90 valence electrons. The van der Waals surface area contributed by atoms with Gasteiger partial charge in [-0.3, -0.25) is 4.79 Å². The van der Waals surface area contributed by atoms with Gasteiger partial charge in [0.05, 0.1) is 0 Å². The highest BCUT2D eigenvalue weighted by molar-refractivity contribution is 5.73. The highest BCUT2D eigenvalue weighted by atomic mass is 16.4. The molecule has 0 bridgehead atoms. The normalized spacial score (nSPS) is 11.6. The molecule has 0 spiro atoms. The molecule has 1 atom stereocenters. The van der Waals surface area contributed by atoms with Crippen molar-refractivity contribution < 1.29 is 9.90 Å². The lowest BCUT2D eigenvalue weighted by Crippen LogP contribution is -2.34. The van der Waals surface area contributed by atoms with Crippen LogP contribution in [-0.4, -0.2) is 17.1 Å². The van der Waals surface area contributed by atoms with Crippen LogP contribution in [0.1, 0.15) is 19.4 Å². The van der Waals surface area contributed by atoms with E-state index in [0.29, 0.717) is 6.54 Å². The van der Waals surface area contributed by atoms with Gasteiger partial charge in [-0.25, -0.2) is 0 Å². The van der Waals surface area contributed by atoms with Gasteiger partial charge in [-0.2, -0.15) is 0 Å². The number of hydrogen-bond acceptors (Lipinski definition) is 3. The molecule has 1 aromatic rings. The lowest BCUT2D eigenvalue weighted by Gasteiger charge is -2.07. The largest absolute Gasteiger partial charge is 0.480 e. The summed E-state index contributed by atoms with van der Waals surface area (Å²) in [5, 5.41) is 8.23. The fourth-order valence-corrected chi connectivity index (χ4v) is 0.899. The van der Waals surface area contributed by atoms with Crippen LogP contribution in [0.4, 0.5) is 0 Å². The summed E-state index contributed by atoms with van der Waals surface area (Å²) in [6, 6.07) is 9.28. The Hall–Kier alpha value is -1.39. The van der Waals surface area contributed by atoms with Crippen LogP contribution in [0.5, 0.6) is 0 Å². The van der Waals surface area contributed by atoms with Crippen LogP contribution in [0.25, 0.3) is 0 Å². The molecule has 4 nitrogen and oxygen atoms in total. The van der Waals surface area contributed by atoms with E-state index in [4.69, 9.17) is 16.6 Å². The Balaban J connectivity index is 0.000000281. The molecule has 0 aliphatic heterocycles. The lowest BCUT2D eigenvalue weighted by molar-refractivity contribution is -0.139. The van der Waals surface area contributed by atoms with Crippen LogP contribution < -0.4 is 11.5 Å². The minimum absolute atomic E-state index is 0.0208. The number of rotatable bonds is 3. The zero-order valence-corrected chi connectivity index (χ0v) is 9.76. The number of carboxylic acid groups (broad SMARTS) is 1. The zero-order chi connectivity index (χ0) is 12.6. The molecule has 1 rings (SSSR count). The van der Waals surface area contributed by atoms with Crippen molar-refractivity contribution in [1.82, 2.24) is 0 Å². The summed E-state index contributed by atoms with van der Waals surface area (Å²) in [6.07, 6.45) is 0. The van der Waals surface area contributed by atoms with Gasteiger partial charge >= 0.3 is 5.97 Å². The number of carboxylic acids is 1. The van der Waals surface area contributed by atoms with Crippen molar-refractivity contribution in [2.24, 2.45) is 17.4 Å². The first kappa shape index (κ1) is 14.6. The van der Waals surface area contributed by atoms with Crippen molar-refractivity contribution in [1.29, 1.82) is 0 Å². The average molecular weight is 224 g/mol. The minimum Gasteiger partial charge on any atom is -0.480 e. The van der Waals surface area contributed by atoms with E-state index in [0.717, 1.165) is 0 Å². The molecule has 0 aliphatic carbocycles. The van der Waals surface area contributed by atoms with Crippen LogP contribution in [0.3, 0.4) is 0 Å². The molecular formula is C12H20N2O2. The molecule has 4 heteroatoms. The lowest BCUT2D eigenvalue weighted by atomic mass is 10.1. The molecule has 0 radical (unpaired) electrons. The summed E-state index contributed by atoms with van der Waals surface area (Å²) in [5.74, 6) is -0.910. The molecule has 0 aromatic heterocycles. The Labute approximate surface area is 96.3 Å². The summed E-state index contributed by atoms with van der Waals surface area (Å²) < 4.78 is 0. The first-order valence-electron chi connectivity index (χ1n) is 5.21. The van der Waals surface area contributed by atoms with Gasteiger partial charge < -0.3 is 16.6 Å². The van der Waals surface area contributed by atoms with Crippen LogP contribution in [-0.2, 0) is 11.3 Å². The van der Waals surface area contributed by atoms with E-state index in [1.54, 1.807) is 13.8 Å². The van der Waals surface area contributed by atoms with Gasteiger partial charge in [0.15, 0.2) is 0 Å². The topological polar surface area (TPSA) is 89.3 Å². The van der Waals surface area contributed by atoms with E-state index in [9.17, 15) is 4.79 Å². The van der Waals surface area contributed by atoms with E-state index in [2.05, 4.69) is 0 Å². The third kappa shape index (κ3) is 6.16. The zero-order valence-electron chi connectivity index (χ0n) is 9.76. The Morgan fingerprint density at radius 1 is 1.31 bits per heavy atom. The summed E-state index contributed by atoms with van der Waals surface area (Å²) in [4.78, 5) is 10.0. The highest BCUT2D eigenvalue weighted by Crippen LogP contribution is 1.96. The van der Waals surface area contributed by atoms with Gasteiger partial charge in [-0.05, 0) is 11.5 Å².